The summed E-state index contributed by atoms with van der Waals surface area (Å²) in [5.41, 5.74) is 0. The highest BCUT2D eigenvalue weighted by Crippen LogP contribution is 2.20. The minimum atomic E-state index is -0.311. The molecule has 1 aliphatic heterocycles. The molecule has 0 aromatic carbocycles. The van der Waals surface area contributed by atoms with E-state index in [4.69, 9.17) is 4.74 Å². The van der Waals surface area contributed by atoms with Gasteiger partial charge in [0.05, 0.1) is 6.42 Å². The number of rotatable bonds is 9. The number of nitrogens with zero attached hydrogens (tertiary/aromatic N) is 1. The monoisotopic (exact) mass is 352 g/mol. The van der Waals surface area contributed by atoms with Crippen LogP contribution in [0.4, 0.5) is 0 Å². The largest absolute Gasteiger partial charge is 0.381 e. The number of thiophene rings is 1. The first kappa shape index (κ1) is 18.9. The maximum atomic E-state index is 12.4. The summed E-state index contributed by atoms with van der Waals surface area (Å²) in [4.78, 5) is 27.6. The number of ether oxygens (including phenoxy) is 1. The fraction of sp³-hybridized carbons (Fsp3) is 0.667. The Morgan fingerprint density at radius 3 is 3.00 bits per heavy atom. The first-order valence-electron chi connectivity index (χ1n) is 8.75. The van der Waals surface area contributed by atoms with Gasteiger partial charge in [-0.2, -0.15) is 0 Å². The van der Waals surface area contributed by atoms with Crippen LogP contribution in [-0.4, -0.2) is 49.1 Å². The molecule has 1 atom stereocenters. The normalized spacial score (nSPS) is 17.5. The first-order valence-corrected chi connectivity index (χ1v) is 9.63. The van der Waals surface area contributed by atoms with Crippen LogP contribution < -0.4 is 5.32 Å². The van der Waals surface area contributed by atoms with Gasteiger partial charge >= 0.3 is 0 Å². The summed E-state index contributed by atoms with van der Waals surface area (Å²) < 4.78 is 5.51. The lowest BCUT2D eigenvalue weighted by molar-refractivity contribution is -0.137. The van der Waals surface area contributed by atoms with Gasteiger partial charge in [0.15, 0.2) is 0 Å². The van der Waals surface area contributed by atoms with E-state index in [0.717, 1.165) is 30.7 Å². The fourth-order valence-corrected chi connectivity index (χ4v) is 3.52. The smallest absolute Gasteiger partial charge is 0.242 e. The van der Waals surface area contributed by atoms with Gasteiger partial charge in [0.2, 0.25) is 11.8 Å². The van der Waals surface area contributed by atoms with Crippen molar-refractivity contribution in [2.75, 3.05) is 26.3 Å². The molecule has 1 saturated heterocycles. The van der Waals surface area contributed by atoms with E-state index in [-0.39, 0.29) is 17.9 Å². The van der Waals surface area contributed by atoms with E-state index in [9.17, 15) is 9.59 Å². The predicted molar refractivity (Wildman–Crippen MR) is 96.0 cm³/mol. The molecule has 1 aromatic rings. The Bertz CT molecular complexity index is 516. The van der Waals surface area contributed by atoms with Crippen molar-refractivity contribution in [3.05, 3.63) is 22.4 Å². The Hall–Kier alpha value is -1.40. The maximum Gasteiger partial charge on any atom is 0.242 e. The Labute approximate surface area is 148 Å². The summed E-state index contributed by atoms with van der Waals surface area (Å²) >= 11 is 1.58. The van der Waals surface area contributed by atoms with Crippen LogP contribution in [0.1, 0.15) is 38.0 Å². The average molecular weight is 353 g/mol. The van der Waals surface area contributed by atoms with E-state index < -0.39 is 0 Å². The molecule has 134 valence electrons. The Kier molecular flexibility index (Phi) is 7.72. The Balaban J connectivity index is 1.71. The lowest BCUT2D eigenvalue weighted by atomic mass is 10.2. The van der Waals surface area contributed by atoms with Crippen molar-refractivity contribution in [2.24, 2.45) is 5.92 Å². The minimum absolute atomic E-state index is 0.0316. The van der Waals surface area contributed by atoms with Crippen LogP contribution in [0, 0.1) is 5.92 Å². The fourth-order valence-electron chi connectivity index (χ4n) is 2.82. The van der Waals surface area contributed by atoms with E-state index in [1.807, 2.05) is 17.5 Å². The lowest BCUT2D eigenvalue weighted by Gasteiger charge is -2.24. The third-order valence-electron chi connectivity index (χ3n) is 4.00. The molecule has 0 radical (unpaired) electrons. The molecule has 1 unspecified atom stereocenters. The summed E-state index contributed by atoms with van der Waals surface area (Å²) in [5, 5.41) is 4.92. The number of hydrogen-bond acceptors (Lipinski definition) is 4. The van der Waals surface area contributed by atoms with Crippen molar-refractivity contribution in [2.45, 2.75) is 45.6 Å². The molecule has 0 saturated carbocycles. The van der Waals surface area contributed by atoms with Crippen LogP contribution >= 0.6 is 11.3 Å². The molecule has 5 nitrogen and oxygen atoms in total. The van der Waals surface area contributed by atoms with Gasteiger partial charge in [-0.25, -0.2) is 0 Å². The van der Waals surface area contributed by atoms with Gasteiger partial charge in [0, 0.05) is 31.2 Å². The zero-order valence-corrected chi connectivity index (χ0v) is 15.4. The maximum absolute atomic E-state index is 12.4. The van der Waals surface area contributed by atoms with Crippen LogP contribution in [0.25, 0.3) is 0 Å². The van der Waals surface area contributed by atoms with E-state index in [1.165, 1.54) is 0 Å². The van der Waals surface area contributed by atoms with Crippen molar-refractivity contribution in [3.8, 4) is 0 Å². The second-order valence-electron chi connectivity index (χ2n) is 6.61. The number of carbonyl (C=O) groups excluding carboxylic acids is 2. The molecule has 2 amide bonds. The molecular formula is C18H28N2O3S. The summed E-state index contributed by atoms with van der Waals surface area (Å²) in [6, 6.07) is 3.60. The van der Waals surface area contributed by atoms with Crippen molar-refractivity contribution in [1.82, 2.24) is 10.2 Å². The topological polar surface area (TPSA) is 58.6 Å². The van der Waals surface area contributed by atoms with Crippen molar-refractivity contribution >= 4 is 23.2 Å². The van der Waals surface area contributed by atoms with Gasteiger partial charge in [0.1, 0.15) is 6.04 Å². The summed E-state index contributed by atoms with van der Waals surface area (Å²) in [7, 11) is 0. The van der Waals surface area contributed by atoms with Crippen LogP contribution in [-0.2, 0) is 20.7 Å². The molecule has 0 bridgehead atoms. The van der Waals surface area contributed by atoms with Crippen LogP contribution in [0.3, 0.4) is 0 Å². The minimum Gasteiger partial charge on any atom is -0.381 e. The van der Waals surface area contributed by atoms with Crippen molar-refractivity contribution in [1.29, 1.82) is 0 Å². The highest BCUT2D eigenvalue weighted by molar-refractivity contribution is 7.10. The average Bonchev–Trinajstić information content (AvgIpc) is 3.21. The highest BCUT2D eigenvalue weighted by atomic mass is 32.1. The van der Waals surface area contributed by atoms with Gasteiger partial charge in [-0.1, -0.05) is 19.9 Å². The van der Waals surface area contributed by atoms with E-state index in [2.05, 4.69) is 19.2 Å². The predicted octanol–water partition coefficient (Wildman–Crippen LogP) is 2.46. The molecular weight excluding hydrogens is 324 g/mol. The third kappa shape index (κ3) is 5.91. The molecule has 1 aromatic heterocycles. The number of carbonyl (C=O) groups is 2. The summed E-state index contributed by atoms with van der Waals surface area (Å²) in [6.45, 7) is 6.92. The molecule has 1 fully saturated rings. The van der Waals surface area contributed by atoms with Gasteiger partial charge in [0.25, 0.3) is 0 Å². The van der Waals surface area contributed by atoms with Crippen LogP contribution in [0.5, 0.6) is 0 Å². The molecule has 24 heavy (non-hydrogen) atoms. The first-order chi connectivity index (χ1) is 11.6. The lowest BCUT2D eigenvalue weighted by Crippen LogP contribution is -2.46. The third-order valence-corrected chi connectivity index (χ3v) is 4.87. The SMILES string of the molecule is CC(C)COCCCNC(=O)C1CCCN1C(=O)Cc1cccs1. The molecule has 2 heterocycles. The van der Waals surface area contributed by atoms with Crippen LogP contribution in [0.2, 0.25) is 0 Å². The van der Waals surface area contributed by atoms with E-state index in [1.54, 1.807) is 16.2 Å². The summed E-state index contributed by atoms with van der Waals surface area (Å²) in [5.74, 6) is 0.548. The Morgan fingerprint density at radius 2 is 2.29 bits per heavy atom. The van der Waals surface area contributed by atoms with Crippen molar-refractivity contribution < 1.29 is 14.3 Å². The van der Waals surface area contributed by atoms with Crippen LogP contribution in [0.15, 0.2) is 17.5 Å². The zero-order valence-electron chi connectivity index (χ0n) is 14.6. The van der Waals surface area contributed by atoms with E-state index in [0.29, 0.717) is 32.0 Å². The molecule has 2 rings (SSSR count). The summed E-state index contributed by atoms with van der Waals surface area (Å²) in [6.07, 6.45) is 2.84. The highest BCUT2D eigenvalue weighted by Gasteiger charge is 2.33. The second kappa shape index (κ2) is 9.79. The number of hydrogen-bond donors (Lipinski definition) is 1. The zero-order chi connectivity index (χ0) is 17.4. The van der Waals surface area contributed by atoms with Gasteiger partial charge in [-0.15, -0.1) is 11.3 Å². The molecule has 1 aliphatic rings. The number of likely N-dealkylation sites (tertiary alicyclic amines) is 1. The Morgan fingerprint density at radius 1 is 1.46 bits per heavy atom. The standard InChI is InChI=1S/C18H28N2O3S/c1-14(2)13-23-10-5-8-19-18(22)16-7-3-9-20(16)17(21)12-15-6-4-11-24-15/h4,6,11,14,16H,3,5,7-10,12-13H2,1-2H3,(H,19,22). The van der Waals surface area contributed by atoms with Gasteiger partial charge in [-0.3, -0.25) is 9.59 Å². The van der Waals surface area contributed by atoms with E-state index >= 15 is 0 Å². The second-order valence-corrected chi connectivity index (χ2v) is 7.65. The molecule has 6 heteroatoms. The molecule has 0 aliphatic carbocycles. The number of amides is 2. The van der Waals surface area contributed by atoms with Gasteiger partial charge in [-0.05, 0) is 36.6 Å². The quantitative estimate of drug-likeness (QED) is 0.695. The number of nitrogens with one attached hydrogen (secondary N) is 1. The molecule has 0 spiro atoms. The van der Waals surface area contributed by atoms with Crippen molar-refractivity contribution in [3.63, 3.8) is 0 Å². The van der Waals surface area contributed by atoms with Gasteiger partial charge < -0.3 is 15.0 Å². The molecule has 1 N–H and O–H groups in total.